The first-order valence-electron chi connectivity index (χ1n) is 12.4. The third-order valence-electron chi connectivity index (χ3n) is 6.54. The number of fused-ring (bicyclic) bond motifs is 1. The monoisotopic (exact) mass is 605 g/mol. The number of sulfonamides is 1. The molecule has 2 aromatic rings. The number of alkyl halides is 3. The fourth-order valence-corrected chi connectivity index (χ4v) is 5.44. The van der Waals surface area contributed by atoms with Crippen LogP contribution in [-0.4, -0.2) is 79.6 Å². The van der Waals surface area contributed by atoms with Gasteiger partial charge in [-0.1, -0.05) is 18.5 Å². The second-order valence-electron chi connectivity index (χ2n) is 9.74. The Morgan fingerprint density at radius 3 is 2.50 bits per heavy atom. The highest BCUT2D eigenvalue weighted by molar-refractivity contribution is 7.89. The smallest absolute Gasteiger partial charge is 0.389 e. The summed E-state index contributed by atoms with van der Waals surface area (Å²) in [6, 6.07) is 9.17. The minimum atomic E-state index is -4.49. The average molecular weight is 606 g/mol. The number of benzene rings is 2. The Morgan fingerprint density at radius 1 is 1.25 bits per heavy atom. The lowest BCUT2D eigenvalue weighted by Crippen LogP contribution is -2.50. The number of nitrogens with one attached hydrogen (secondary N) is 1. The van der Waals surface area contributed by atoms with E-state index in [9.17, 15) is 36.3 Å². The molecule has 1 heterocycles. The molecule has 0 fully saturated rings. The summed E-state index contributed by atoms with van der Waals surface area (Å²) < 4.78 is 71.1. The zero-order chi connectivity index (χ0) is 29.8. The topological polar surface area (TPSA) is 116 Å². The lowest BCUT2D eigenvalue weighted by atomic mass is 9.99. The molecule has 9 nitrogen and oxygen atoms in total. The lowest BCUT2D eigenvalue weighted by Gasteiger charge is -2.38. The minimum Gasteiger partial charge on any atom is -0.488 e. The highest BCUT2D eigenvalue weighted by Gasteiger charge is 2.35. The molecule has 3 rings (SSSR count). The van der Waals surface area contributed by atoms with Gasteiger partial charge < -0.3 is 20.1 Å². The molecule has 0 saturated heterocycles. The third-order valence-corrected chi connectivity index (χ3v) is 8.63. The molecule has 2 amide bonds. The SMILES string of the molecule is C[C@H](CO)N1C[C@H](C)[C@H](CN(C)S(=O)(=O)c2ccc(Cl)cc2)Oc2ccc(NC(=O)CCC(F)(F)F)cc2C1=O. The van der Waals surface area contributed by atoms with Crippen LogP contribution in [0.15, 0.2) is 47.4 Å². The molecule has 0 radical (unpaired) electrons. The molecule has 0 aromatic heterocycles. The summed E-state index contributed by atoms with van der Waals surface area (Å²) in [5.74, 6) is -1.68. The molecule has 2 N–H and O–H groups in total. The van der Waals surface area contributed by atoms with Crippen LogP contribution in [0.3, 0.4) is 0 Å². The maximum atomic E-state index is 13.5. The van der Waals surface area contributed by atoms with E-state index < -0.39 is 53.0 Å². The summed E-state index contributed by atoms with van der Waals surface area (Å²) in [5, 5.41) is 12.5. The zero-order valence-corrected chi connectivity index (χ0v) is 23.7. The van der Waals surface area contributed by atoms with Crippen LogP contribution in [0, 0.1) is 5.92 Å². The van der Waals surface area contributed by atoms with Gasteiger partial charge in [0.25, 0.3) is 5.91 Å². The summed E-state index contributed by atoms with van der Waals surface area (Å²) in [6.45, 7) is 3.11. The molecule has 0 saturated carbocycles. The number of anilines is 1. The first kappa shape index (κ1) is 31.7. The van der Waals surface area contributed by atoms with Gasteiger partial charge in [0, 0.05) is 36.6 Å². The van der Waals surface area contributed by atoms with Gasteiger partial charge in [0.15, 0.2) is 0 Å². The normalized spacial score (nSPS) is 18.9. The summed E-state index contributed by atoms with van der Waals surface area (Å²) >= 11 is 5.89. The lowest BCUT2D eigenvalue weighted by molar-refractivity contribution is -0.142. The van der Waals surface area contributed by atoms with Gasteiger partial charge in [-0.05, 0) is 49.4 Å². The fourth-order valence-electron chi connectivity index (χ4n) is 4.14. The second kappa shape index (κ2) is 12.8. The maximum Gasteiger partial charge on any atom is 0.389 e. The molecule has 14 heteroatoms. The quantitative estimate of drug-likeness (QED) is 0.443. The van der Waals surface area contributed by atoms with Crippen LogP contribution < -0.4 is 10.1 Å². The van der Waals surface area contributed by atoms with Crippen LogP contribution in [0.4, 0.5) is 18.9 Å². The second-order valence-corrected chi connectivity index (χ2v) is 12.2. The van der Waals surface area contributed by atoms with Crippen LogP contribution in [0.5, 0.6) is 5.75 Å². The summed E-state index contributed by atoms with van der Waals surface area (Å²) in [4.78, 5) is 27.0. The first-order chi connectivity index (χ1) is 18.6. The van der Waals surface area contributed by atoms with Crippen molar-refractivity contribution in [3.05, 3.63) is 53.1 Å². The molecular formula is C26H31ClF3N3O6S. The average Bonchev–Trinajstić information content (AvgIpc) is 2.89. The van der Waals surface area contributed by atoms with Crippen molar-refractivity contribution in [2.75, 3.05) is 32.1 Å². The number of nitrogens with zero attached hydrogens (tertiary/aromatic N) is 2. The Kier molecular flexibility index (Phi) is 10.1. The molecule has 220 valence electrons. The third kappa shape index (κ3) is 7.87. The van der Waals surface area contributed by atoms with Crippen LogP contribution >= 0.6 is 11.6 Å². The van der Waals surface area contributed by atoms with Crippen molar-refractivity contribution >= 4 is 39.1 Å². The van der Waals surface area contributed by atoms with E-state index in [-0.39, 0.29) is 47.5 Å². The summed E-state index contributed by atoms with van der Waals surface area (Å²) in [5.41, 5.74) is 0.0983. The maximum absolute atomic E-state index is 13.5. The molecule has 0 bridgehead atoms. The highest BCUT2D eigenvalue weighted by Crippen LogP contribution is 2.31. The highest BCUT2D eigenvalue weighted by atomic mass is 35.5. The number of likely N-dealkylation sites (N-methyl/N-ethyl adjacent to an activating group) is 1. The standard InChI is InChI=1S/C26H31ClF3N3O6S/c1-16-13-33(17(2)15-34)25(36)21-12-19(31-24(35)10-11-26(28,29)30)6-9-22(21)39-23(16)14-32(3)40(37,38)20-7-4-18(27)5-8-20/h4-9,12,16-17,23,34H,10-11,13-15H2,1-3H3,(H,31,35)/t16-,17+,23-/m0/s1. The van der Waals surface area contributed by atoms with E-state index in [1.807, 2.05) is 0 Å². The Bertz CT molecular complexity index is 1320. The fraction of sp³-hybridized carbons (Fsp3) is 0.462. The van der Waals surface area contributed by atoms with Crippen molar-refractivity contribution in [1.82, 2.24) is 9.21 Å². The van der Waals surface area contributed by atoms with Crippen molar-refractivity contribution in [2.45, 2.75) is 49.9 Å². The summed E-state index contributed by atoms with van der Waals surface area (Å²) in [6.07, 6.45) is -7.31. The number of hydrogen-bond acceptors (Lipinski definition) is 6. The number of carbonyl (C=O) groups is 2. The van der Waals surface area contributed by atoms with E-state index in [1.165, 1.54) is 54.4 Å². The van der Waals surface area contributed by atoms with Gasteiger partial charge in [0.05, 0.1) is 36.1 Å². The van der Waals surface area contributed by atoms with E-state index in [1.54, 1.807) is 13.8 Å². The van der Waals surface area contributed by atoms with Crippen molar-refractivity contribution in [3.8, 4) is 5.75 Å². The molecule has 40 heavy (non-hydrogen) atoms. The number of amides is 2. The molecule has 0 aliphatic carbocycles. The van der Waals surface area contributed by atoms with Gasteiger partial charge in [-0.25, -0.2) is 8.42 Å². The van der Waals surface area contributed by atoms with Gasteiger partial charge in [-0.15, -0.1) is 0 Å². The van der Waals surface area contributed by atoms with Crippen LogP contribution in [0.2, 0.25) is 5.02 Å². The molecule has 2 aromatic carbocycles. The number of halogens is 4. The first-order valence-corrected chi connectivity index (χ1v) is 14.2. The molecule has 0 unspecified atom stereocenters. The van der Waals surface area contributed by atoms with Gasteiger partial charge in [-0.2, -0.15) is 17.5 Å². The zero-order valence-electron chi connectivity index (χ0n) is 22.1. The van der Waals surface area contributed by atoms with Crippen LogP contribution in [0.1, 0.15) is 37.0 Å². The van der Waals surface area contributed by atoms with Crippen LogP contribution in [0.25, 0.3) is 0 Å². The molecule has 0 spiro atoms. The number of hydrogen-bond donors (Lipinski definition) is 2. The molecule has 1 aliphatic heterocycles. The molecule has 1 aliphatic rings. The van der Waals surface area contributed by atoms with E-state index >= 15 is 0 Å². The molecule has 3 atom stereocenters. The number of ether oxygens (including phenoxy) is 1. The van der Waals surface area contributed by atoms with Crippen molar-refractivity contribution in [1.29, 1.82) is 0 Å². The Balaban J connectivity index is 1.91. The van der Waals surface area contributed by atoms with Gasteiger partial charge in [0.2, 0.25) is 15.9 Å². The van der Waals surface area contributed by atoms with Crippen LogP contribution in [-0.2, 0) is 14.8 Å². The Hall–Kier alpha value is -2.87. The number of carbonyl (C=O) groups excluding carboxylic acids is 2. The Labute approximate surface area is 235 Å². The van der Waals surface area contributed by atoms with E-state index in [2.05, 4.69) is 5.32 Å². The van der Waals surface area contributed by atoms with Gasteiger partial charge in [-0.3, -0.25) is 9.59 Å². The predicted molar refractivity (Wildman–Crippen MR) is 143 cm³/mol. The minimum absolute atomic E-state index is 0.00836. The van der Waals surface area contributed by atoms with Crippen molar-refractivity contribution in [2.24, 2.45) is 5.92 Å². The van der Waals surface area contributed by atoms with Crippen molar-refractivity contribution in [3.63, 3.8) is 0 Å². The van der Waals surface area contributed by atoms with E-state index in [0.717, 1.165) is 4.31 Å². The Morgan fingerprint density at radius 2 is 1.90 bits per heavy atom. The largest absolute Gasteiger partial charge is 0.488 e. The summed E-state index contributed by atoms with van der Waals surface area (Å²) in [7, 11) is -2.51. The number of aliphatic hydroxyl groups is 1. The molecular weight excluding hydrogens is 575 g/mol. The predicted octanol–water partition coefficient (Wildman–Crippen LogP) is 4.16. The van der Waals surface area contributed by atoms with Gasteiger partial charge >= 0.3 is 6.18 Å². The van der Waals surface area contributed by atoms with E-state index in [0.29, 0.717) is 5.02 Å². The van der Waals surface area contributed by atoms with Crippen molar-refractivity contribution < 1.29 is 41.0 Å². The number of aliphatic hydroxyl groups excluding tert-OH is 1. The number of rotatable bonds is 9. The van der Waals surface area contributed by atoms with Gasteiger partial charge in [0.1, 0.15) is 11.9 Å². The van der Waals surface area contributed by atoms with E-state index in [4.69, 9.17) is 16.3 Å².